The number of phenols is 1. The Balaban J connectivity index is 1.81. The van der Waals surface area contributed by atoms with E-state index in [2.05, 4.69) is 33.6 Å². The third-order valence-corrected chi connectivity index (χ3v) is 3.73. The molecule has 22 heavy (non-hydrogen) atoms. The number of nitrogens with one attached hydrogen (secondary N) is 1. The molecule has 4 rings (SSSR count). The standard InChI is InChI=1S/C17H14N4O/c22-14-8-6-13(7-9-14)16-10-15(12-4-2-1-3-5-12)20-17-18-11-19-21(16)17/h1-11,16,22H,(H,18,19,20). The van der Waals surface area contributed by atoms with E-state index >= 15 is 0 Å². The van der Waals surface area contributed by atoms with E-state index in [-0.39, 0.29) is 11.8 Å². The van der Waals surface area contributed by atoms with Crippen LogP contribution in [0.15, 0.2) is 67.0 Å². The molecule has 0 fully saturated rings. The molecule has 1 aliphatic heterocycles. The summed E-state index contributed by atoms with van der Waals surface area (Å²) >= 11 is 0. The average Bonchev–Trinajstić information content (AvgIpc) is 3.04. The first-order chi connectivity index (χ1) is 10.8. The van der Waals surface area contributed by atoms with Crippen LogP contribution in [0.25, 0.3) is 5.70 Å². The quantitative estimate of drug-likeness (QED) is 0.761. The molecule has 1 aliphatic rings. The molecule has 5 nitrogen and oxygen atoms in total. The van der Waals surface area contributed by atoms with Crippen molar-refractivity contribution in [1.29, 1.82) is 0 Å². The molecule has 1 atom stereocenters. The highest BCUT2D eigenvalue weighted by molar-refractivity contribution is 5.77. The van der Waals surface area contributed by atoms with Crippen LogP contribution in [0.3, 0.4) is 0 Å². The Hall–Kier alpha value is -3.08. The largest absolute Gasteiger partial charge is 0.508 e. The lowest BCUT2D eigenvalue weighted by Gasteiger charge is -2.24. The molecular formula is C17H14N4O. The van der Waals surface area contributed by atoms with Crippen LogP contribution >= 0.6 is 0 Å². The van der Waals surface area contributed by atoms with Crippen molar-refractivity contribution in [3.8, 4) is 5.75 Å². The smallest absolute Gasteiger partial charge is 0.226 e. The van der Waals surface area contributed by atoms with Crippen molar-refractivity contribution in [3.05, 3.63) is 78.1 Å². The molecule has 0 spiro atoms. The van der Waals surface area contributed by atoms with Gasteiger partial charge in [0.05, 0.1) is 0 Å². The number of nitrogens with zero attached hydrogens (tertiary/aromatic N) is 3. The van der Waals surface area contributed by atoms with Gasteiger partial charge < -0.3 is 10.4 Å². The molecule has 0 aliphatic carbocycles. The number of phenolic OH excluding ortho intramolecular Hbond substituents is 1. The Morgan fingerprint density at radius 1 is 1.00 bits per heavy atom. The van der Waals surface area contributed by atoms with Crippen LogP contribution in [-0.4, -0.2) is 19.9 Å². The van der Waals surface area contributed by atoms with E-state index < -0.39 is 0 Å². The van der Waals surface area contributed by atoms with E-state index in [1.165, 1.54) is 6.33 Å². The number of allylic oxidation sites excluding steroid dienone is 1. The first kappa shape index (κ1) is 12.6. The van der Waals surface area contributed by atoms with Crippen LogP contribution in [0.4, 0.5) is 5.95 Å². The molecule has 0 amide bonds. The molecule has 0 saturated heterocycles. The highest BCUT2D eigenvalue weighted by atomic mass is 16.3. The van der Waals surface area contributed by atoms with Gasteiger partial charge in [0.1, 0.15) is 18.1 Å². The van der Waals surface area contributed by atoms with E-state index in [0.29, 0.717) is 5.95 Å². The van der Waals surface area contributed by atoms with Gasteiger partial charge in [0, 0.05) is 5.70 Å². The summed E-state index contributed by atoms with van der Waals surface area (Å²) in [6.07, 6.45) is 3.65. The molecule has 108 valence electrons. The highest BCUT2D eigenvalue weighted by Crippen LogP contribution is 2.32. The number of hydrogen-bond donors (Lipinski definition) is 2. The fraction of sp³-hybridized carbons (Fsp3) is 0.0588. The topological polar surface area (TPSA) is 63.0 Å². The van der Waals surface area contributed by atoms with Gasteiger partial charge in [-0.05, 0) is 29.3 Å². The van der Waals surface area contributed by atoms with Crippen molar-refractivity contribution >= 4 is 11.6 Å². The lowest BCUT2D eigenvalue weighted by atomic mass is 10.0. The van der Waals surface area contributed by atoms with Gasteiger partial charge in [-0.3, -0.25) is 0 Å². The van der Waals surface area contributed by atoms with Crippen molar-refractivity contribution in [2.24, 2.45) is 0 Å². The maximum Gasteiger partial charge on any atom is 0.226 e. The fourth-order valence-corrected chi connectivity index (χ4v) is 2.63. The zero-order valence-electron chi connectivity index (χ0n) is 11.7. The lowest BCUT2D eigenvalue weighted by Crippen LogP contribution is -2.20. The molecule has 2 N–H and O–H groups in total. The summed E-state index contributed by atoms with van der Waals surface area (Å²) in [4.78, 5) is 4.28. The molecule has 0 saturated carbocycles. The zero-order valence-corrected chi connectivity index (χ0v) is 11.7. The maximum atomic E-state index is 9.48. The predicted molar refractivity (Wildman–Crippen MR) is 84.3 cm³/mol. The Bertz CT molecular complexity index is 821. The number of fused-ring (bicyclic) bond motifs is 1. The summed E-state index contributed by atoms with van der Waals surface area (Å²) in [5.41, 5.74) is 3.14. The van der Waals surface area contributed by atoms with Crippen LogP contribution in [0.2, 0.25) is 0 Å². The molecule has 0 radical (unpaired) electrons. The Morgan fingerprint density at radius 2 is 1.77 bits per heavy atom. The number of hydrogen-bond acceptors (Lipinski definition) is 4. The molecule has 1 aromatic heterocycles. The van der Waals surface area contributed by atoms with Gasteiger partial charge in [0.25, 0.3) is 0 Å². The third-order valence-electron chi connectivity index (χ3n) is 3.73. The van der Waals surface area contributed by atoms with Crippen molar-refractivity contribution in [2.75, 3.05) is 5.32 Å². The second-order valence-corrected chi connectivity index (χ2v) is 5.14. The maximum absolute atomic E-state index is 9.48. The Morgan fingerprint density at radius 3 is 2.55 bits per heavy atom. The van der Waals surface area contributed by atoms with Gasteiger partial charge in [-0.25, -0.2) is 4.68 Å². The van der Waals surface area contributed by atoms with Crippen LogP contribution in [-0.2, 0) is 0 Å². The van der Waals surface area contributed by atoms with Crippen LogP contribution < -0.4 is 5.32 Å². The second kappa shape index (κ2) is 5.04. The van der Waals surface area contributed by atoms with E-state index in [1.54, 1.807) is 12.1 Å². The number of aromatic hydroxyl groups is 1. The SMILES string of the molecule is Oc1ccc(C2C=C(c3ccccc3)Nc3ncnn32)cc1. The minimum atomic E-state index is -0.0606. The number of anilines is 1. The summed E-state index contributed by atoms with van der Waals surface area (Å²) in [6, 6.07) is 17.2. The summed E-state index contributed by atoms with van der Waals surface area (Å²) in [5.74, 6) is 0.961. The van der Waals surface area contributed by atoms with Crippen molar-refractivity contribution in [1.82, 2.24) is 14.8 Å². The first-order valence-corrected chi connectivity index (χ1v) is 7.04. The van der Waals surface area contributed by atoms with E-state index in [9.17, 15) is 5.11 Å². The molecule has 3 aromatic rings. The molecule has 1 unspecified atom stereocenters. The number of aromatic nitrogens is 3. The highest BCUT2D eigenvalue weighted by Gasteiger charge is 2.23. The average molecular weight is 290 g/mol. The van der Waals surface area contributed by atoms with Gasteiger partial charge in [-0.15, -0.1) is 0 Å². The van der Waals surface area contributed by atoms with E-state index in [0.717, 1.165) is 16.8 Å². The van der Waals surface area contributed by atoms with Gasteiger partial charge in [-0.1, -0.05) is 42.5 Å². The summed E-state index contributed by atoms with van der Waals surface area (Å²) in [5, 5.41) is 17.1. The summed E-state index contributed by atoms with van der Waals surface area (Å²) in [6.45, 7) is 0. The van der Waals surface area contributed by atoms with Crippen molar-refractivity contribution < 1.29 is 5.11 Å². The number of rotatable bonds is 2. The lowest BCUT2D eigenvalue weighted by molar-refractivity contribution is 0.474. The van der Waals surface area contributed by atoms with Crippen molar-refractivity contribution in [2.45, 2.75) is 6.04 Å². The minimum Gasteiger partial charge on any atom is -0.508 e. The normalized spacial score (nSPS) is 16.5. The number of benzene rings is 2. The molecule has 0 bridgehead atoms. The van der Waals surface area contributed by atoms with Gasteiger partial charge in [0.15, 0.2) is 0 Å². The van der Waals surface area contributed by atoms with E-state index in [1.807, 2.05) is 35.0 Å². The Kier molecular flexibility index (Phi) is 2.89. The molecular weight excluding hydrogens is 276 g/mol. The van der Waals surface area contributed by atoms with Crippen LogP contribution in [0, 0.1) is 0 Å². The van der Waals surface area contributed by atoms with Gasteiger partial charge >= 0.3 is 0 Å². The van der Waals surface area contributed by atoms with E-state index in [4.69, 9.17) is 0 Å². The first-order valence-electron chi connectivity index (χ1n) is 7.04. The van der Waals surface area contributed by atoms with Gasteiger partial charge in [-0.2, -0.15) is 10.1 Å². The zero-order chi connectivity index (χ0) is 14.9. The van der Waals surface area contributed by atoms with Crippen LogP contribution in [0.1, 0.15) is 17.2 Å². The monoisotopic (exact) mass is 290 g/mol. The molecule has 2 heterocycles. The second-order valence-electron chi connectivity index (χ2n) is 5.14. The fourth-order valence-electron chi connectivity index (χ4n) is 2.63. The molecule has 2 aromatic carbocycles. The summed E-state index contributed by atoms with van der Waals surface area (Å²) < 4.78 is 1.83. The van der Waals surface area contributed by atoms with Gasteiger partial charge in [0.2, 0.25) is 5.95 Å². The minimum absolute atomic E-state index is 0.0606. The third kappa shape index (κ3) is 2.13. The summed E-state index contributed by atoms with van der Waals surface area (Å²) in [7, 11) is 0. The van der Waals surface area contributed by atoms with Crippen molar-refractivity contribution in [3.63, 3.8) is 0 Å². The Labute approximate surface area is 127 Å². The van der Waals surface area contributed by atoms with Crippen LogP contribution in [0.5, 0.6) is 5.75 Å². The predicted octanol–water partition coefficient (Wildman–Crippen LogP) is 3.04. The molecule has 5 heteroatoms.